The molecule has 0 fully saturated rings. The topological polar surface area (TPSA) is 81.6 Å². The first-order valence-electron chi connectivity index (χ1n) is 6.56. The molecule has 2 rings (SSSR count). The molecular weight excluding hydrogens is 266 g/mol. The van der Waals surface area contributed by atoms with Gasteiger partial charge in [0.2, 0.25) is 5.91 Å². The quantitative estimate of drug-likeness (QED) is 0.823. The van der Waals surface area contributed by atoms with E-state index in [9.17, 15) is 4.79 Å². The molecule has 110 valence electrons. The number of nitrogen functional groups attached to an aromatic ring is 1. The molecule has 0 unspecified atom stereocenters. The smallest absolute Gasteiger partial charge is 0.249 e. The molecule has 0 radical (unpaired) electrons. The molecule has 0 spiro atoms. The summed E-state index contributed by atoms with van der Waals surface area (Å²) in [6, 6.07) is 12.7. The summed E-state index contributed by atoms with van der Waals surface area (Å²) >= 11 is 0. The Labute approximate surface area is 124 Å². The van der Waals surface area contributed by atoms with Crippen molar-refractivity contribution in [1.29, 1.82) is 0 Å². The van der Waals surface area contributed by atoms with Crippen molar-refractivity contribution in [1.82, 2.24) is 0 Å². The second-order valence-corrected chi connectivity index (χ2v) is 4.93. The Morgan fingerprint density at radius 2 is 1.90 bits per heavy atom. The number of nitrogens with two attached hydrogens (primary N) is 2. The predicted molar refractivity (Wildman–Crippen MR) is 84.5 cm³/mol. The Kier molecular flexibility index (Phi) is 4.33. The lowest BCUT2D eigenvalue weighted by Crippen LogP contribution is -2.15. The minimum absolute atomic E-state index is 0.236. The Morgan fingerprint density at radius 3 is 2.57 bits per heavy atom. The third-order valence-electron chi connectivity index (χ3n) is 3.18. The van der Waals surface area contributed by atoms with Crippen LogP contribution in [0.5, 0.6) is 5.75 Å². The van der Waals surface area contributed by atoms with Crippen molar-refractivity contribution in [2.24, 2.45) is 5.73 Å². The van der Waals surface area contributed by atoms with E-state index in [2.05, 4.69) is 0 Å². The fraction of sp³-hybridized carbons (Fsp3) is 0.188. The summed E-state index contributed by atoms with van der Waals surface area (Å²) in [6.07, 6.45) is 0. The number of benzene rings is 2. The van der Waals surface area contributed by atoms with Crippen LogP contribution in [0.3, 0.4) is 0 Å². The van der Waals surface area contributed by atoms with E-state index in [0.717, 1.165) is 11.3 Å². The average Bonchev–Trinajstić information content (AvgIpc) is 2.46. The van der Waals surface area contributed by atoms with Gasteiger partial charge in [-0.25, -0.2) is 0 Å². The van der Waals surface area contributed by atoms with Crippen molar-refractivity contribution in [3.05, 3.63) is 53.6 Å². The normalized spacial score (nSPS) is 10.2. The number of amides is 1. The second kappa shape index (κ2) is 6.17. The van der Waals surface area contributed by atoms with Crippen LogP contribution < -0.4 is 21.1 Å². The van der Waals surface area contributed by atoms with Crippen LogP contribution in [0, 0.1) is 0 Å². The van der Waals surface area contributed by atoms with Gasteiger partial charge in [-0.3, -0.25) is 4.79 Å². The van der Waals surface area contributed by atoms with Crippen LogP contribution in [-0.2, 0) is 6.61 Å². The van der Waals surface area contributed by atoms with Crippen molar-refractivity contribution in [2.75, 3.05) is 24.7 Å². The molecule has 0 aromatic heterocycles. The SMILES string of the molecule is CN(C)c1ccc(N)c(OCc2ccccc2C(N)=O)c1. The molecule has 0 saturated heterocycles. The molecule has 0 aliphatic carbocycles. The summed E-state index contributed by atoms with van der Waals surface area (Å²) in [7, 11) is 3.88. The first kappa shape index (κ1) is 14.7. The number of carbonyl (C=O) groups excluding carboxylic acids is 1. The molecule has 4 N–H and O–H groups in total. The first-order valence-corrected chi connectivity index (χ1v) is 6.56. The number of hydrogen-bond donors (Lipinski definition) is 2. The van der Waals surface area contributed by atoms with Crippen LogP contribution in [0.2, 0.25) is 0 Å². The summed E-state index contributed by atoms with van der Waals surface area (Å²) in [6.45, 7) is 0.236. The standard InChI is InChI=1S/C16H19N3O2/c1-19(2)12-7-8-14(17)15(9-12)21-10-11-5-3-4-6-13(11)16(18)20/h3-9H,10,17H2,1-2H3,(H2,18,20). The molecule has 5 nitrogen and oxygen atoms in total. The highest BCUT2D eigenvalue weighted by atomic mass is 16.5. The van der Waals surface area contributed by atoms with Crippen molar-refractivity contribution >= 4 is 17.3 Å². The maximum absolute atomic E-state index is 11.4. The van der Waals surface area contributed by atoms with Gasteiger partial charge >= 0.3 is 0 Å². The average molecular weight is 285 g/mol. The summed E-state index contributed by atoms with van der Waals surface area (Å²) < 4.78 is 5.75. The van der Waals surface area contributed by atoms with Crippen molar-refractivity contribution < 1.29 is 9.53 Å². The highest BCUT2D eigenvalue weighted by molar-refractivity contribution is 5.94. The number of carbonyl (C=O) groups is 1. The number of primary amides is 1. The molecule has 0 saturated carbocycles. The van der Waals surface area contributed by atoms with Gasteiger partial charge in [0.05, 0.1) is 5.69 Å². The van der Waals surface area contributed by atoms with E-state index in [1.165, 1.54) is 0 Å². The van der Waals surface area contributed by atoms with E-state index >= 15 is 0 Å². The molecule has 1 amide bonds. The van der Waals surface area contributed by atoms with Gasteiger partial charge in [0.25, 0.3) is 0 Å². The van der Waals surface area contributed by atoms with Gasteiger partial charge in [0.1, 0.15) is 12.4 Å². The van der Waals surface area contributed by atoms with E-state index in [1.807, 2.05) is 43.3 Å². The molecule has 5 heteroatoms. The van der Waals surface area contributed by atoms with Crippen molar-refractivity contribution in [3.8, 4) is 5.75 Å². The fourth-order valence-corrected chi connectivity index (χ4v) is 1.97. The van der Waals surface area contributed by atoms with Gasteiger partial charge < -0.3 is 21.1 Å². The minimum atomic E-state index is -0.468. The van der Waals surface area contributed by atoms with Gasteiger partial charge in [-0.15, -0.1) is 0 Å². The monoisotopic (exact) mass is 285 g/mol. The molecule has 0 aliphatic rings. The highest BCUT2D eigenvalue weighted by Gasteiger charge is 2.09. The van der Waals surface area contributed by atoms with Gasteiger partial charge in [0.15, 0.2) is 0 Å². The number of hydrogen-bond acceptors (Lipinski definition) is 4. The Bertz CT molecular complexity index is 654. The van der Waals surface area contributed by atoms with Crippen LogP contribution >= 0.6 is 0 Å². The molecule has 2 aromatic carbocycles. The molecule has 0 atom stereocenters. The lowest BCUT2D eigenvalue weighted by atomic mass is 10.1. The lowest BCUT2D eigenvalue weighted by Gasteiger charge is -2.16. The van der Waals surface area contributed by atoms with Crippen molar-refractivity contribution in [3.63, 3.8) is 0 Å². The third kappa shape index (κ3) is 3.45. The molecule has 21 heavy (non-hydrogen) atoms. The molecule has 0 aliphatic heterocycles. The van der Waals surface area contributed by atoms with Crippen LogP contribution in [-0.4, -0.2) is 20.0 Å². The third-order valence-corrected chi connectivity index (χ3v) is 3.18. The Hall–Kier alpha value is -2.69. The van der Waals surface area contributed by atoms with Gasteiger partial charge in [-0.1, -0.05) is 18.2 Å². The summed E-state index contributed by atoms with van der Waals surface area (Å²) in [5, 5.41) is 0. The number of ether oxygens (including phenoxy) is 1. The Morgan fingerprint density at radius 1 is 1.19 bits per heavy atom. The van der Waals surface area contributed by atoms with E-state index in [-0.39, 0.29) is 6.61 Å². The van der Waals surface area contributed by atoms with Crippen molar-refractivity contribution in [2.45, 2.75) is 6.61 Å². The zero-order valence-electron chi connectivity index (χ0n) is 12.2. The molecule has 0 heterocycles. The molecular formula is C16H19N3O2. The Balaban J connectivity index is 2.20. The largest absolute Gasteiger partial charge is 0.487 e. The zero-order valence-corrected chi connectivity index (χ0v) is 12.2. The zero-order chi connectivity index (χ0) is 15.4. The molecule has 2 aromatic rings. The predicted octanol–water partition coefficient (Wildman–Crippen LogP) is 2.01. The highest BCUT2D eigenvalue weighted by Crippen LogP contribution is 2.27. The maximum Gasteiger partial charge on any atom is 0.249 e. The van der Waals surface area contributed by atoms with E-state index in [1.54, 1.807) is 18.2 Å². The van der Waals surface area contributed by atoms with Gasteiger partial charge in [-0.2, -0.15) is 0 Å². The van der Waals surface area contributed by atoms with E-state index in [4.69, 9.17) is 16.2 Å². The van der Waals surface area contributed by atoms with Crippen LogP contribution in [0.15, 0.2) is 42.5 Å². The van der Waals surface area contributed by atoms with Crippen LogP contribution in [0.25, 0.3) is 0 Å². The fourth-order valence-electron chi connectivity index (χ4n) is 1.97. The summed E-state index contributed by atoms with van der Waals surface area (Å²) in [5.41, 5.74) is 14.0. The molecule has 0 bridgehead atoms. The lowest BCUT2D eigenvalue weighted by molar-refractivity contribution is 0.0998. The number of rotatable bonds is 5. The van der Waals surface area contributed by atoms with Crippen LogP contribution in [0.1, 0.15) is 15.9 Å². The van der Waals surface area contributed by atoms with E-state index < -0.39 is 5.91 Å². The first-order chi connectivity index (χ1) is 9.99. The second-order valence-electron chi connectivity index (χ2n) is 4.93. The van der Waals surface area contributed by atoms with E-state index in [0.29, 0.717) is 17.0 Å². The van der Waals surface area contributed by atoms with Gasteiger partial charge in [-0.05, 0) is 18.2 Å². The maximum atomic E-state index is 11.4. The number of anilines is 2. The van der Waals surface area contributed by atoms with Crippen LogP contribution in [0.4, 0.5) is 11.4 Å². The van der Waals surface area contributed by atoms with Gasteiger partial charge in [0, 0.05) is 37.0 Å². The minimum Gasteiger partial charge on any atom is -0.487 e. The summed E-state index contributed by atoms with van der Waals surface area (Å²) in [5.74, 6) is 0.115. The summed E-state index contributed by atoms with van der Waals surface area (Å²) in [4.78, 5) is 13.3. The number of nitrogens with zero attached hydrogens (tertiary/aromatic N) is 1.